The number of nitro groups is 1. The Kier molecular flexibility index (Phi) is 5.87. The van der Waals surface area contributed by atoms with Crippen LogP contribution in [0.2, 0.25) is 5.15 Å². The molecule has 0 aliphatic carbocycles. The van der Waals surface area contributed by atoms with Gasteiger partial charge in [-0.15, -0.1) is 0 Å². The molecule has 7 nitrogen and oxygen atoms in total. The second-order valence-corrected chi connectivity index (χ2v) is 4.99. The first-order valence-electron chi connectivity index (χ1n) is 6.79. The van der Waals surface area contributed by atoms with Gasteiger partial charge in [-0.3, -0.25) is 14.9 Å². The van der Waals surface area contributed by atoms with E-state index in [4.69, 9.17) is 16.3 Å². The molecule has 8 heteroatoms. The lowest BCUT2D eigenvalue weighted by Crippen LogP contribution is -2.12. The molecule has 1 aromatic carbocycles. The standard InChI is InChI=1S/C15H14ClN3O4/c16-14-6-5-11(9-18-14)10-23-15(20)7-8-17-12-3-1-2-4-13(12)19(21)22/h1-6,9,17H,7-8,10H2. The van der Waals surface area contributed by atoms with Crippen molar-refractivity contribution in [3.8, 4) is 0 Å². The van der Waals surface area contributed by atoms with Crippen LogP contribution in [0, 0.1) is 10.1 Å². The number of anilines is 1. The Morgan fingerprint density at radius 3 is 2.78 bits per heavy atom. The van der Waals surface area contributed by atoms with Crippen LogP contribution in [0.3, 0.4) is 0 Å². The van der Waals surface area contributed by atoms with Crippen molar-refractivity contribution in [2.45, 2.75) is 13.0 Å². The number of rotatable bonds is 7. The Labute approximate surface area is 137 Å². The molecule has 2 rings (SSSR count). The smallest absolute Gasteiger partial charge is 0.307 e. The average molecular weight is 336 g/mol. The lowest BCUT2D eigenvalue weighted by atomic mass is 10.2. The summed E-state index contributed by atoms with van der Waals surface area (Å²) in [5, 5.41) is 14.1. The van der Waals surface area contributed by atoms with Gasteiger partial charge in [0, 0.05) is 24.4 Å². The van der Waals surface area contributed by atoms with Crippen LogP contribution in [0.1, 0.15) is 12.0 Å². The zero-order valence-corrected chi connectivity index (χ0v) is 12.8. The molecule has 1 aromatic heterocycles. The number of ether oxygens (including phenoxy) is 1. The molecule has 120 valence electrons. The van der Waals surface area contributed by atoms with Gasteiger partial charge in [0.1, 0.15) is 17.4 Å². The number of pyridine rings is 1. The van der Waals surface area contributed by atoms with Gasteiger partial charge in [0.05, 0.1) is 11.3 Å². The molecule has 2 aromatic rings. The van der Waals surface area contributed by atoms with Crippen LogP contribution in [0.25, 0.3) is 0 Å². The van der Waals surface area contributed by atoms with E-state index in [1.54, 1.807) is 30.3 Å². The zero-order valence-electron chi connectivity index (χ0n) is 12.1. The van der Waals surface area contributed by atoms with Crippen molar-refractivity contribution >= 4 is 28.9 Å². The van der Waals surface area contributed by atoms with Gasteiger partial charge >= 0.3 is 5.97 Å². The molecule has 0 aliphatic heterocycles. The Hall–Kier alpha value is -2.67. The molecule has 0 bridgehead atoms. The first-order chi connectivity index (χ1) is 11.1. The summed E-state index contributed by atoms with van der Waals surface area (Å²) in [4.78, 5) is 25.9. The van der Waals surface area contributed by atoms with Gasteiger partial charge in [-0.2, -0.15) is 0 Å². The number of halogens is 1. The fourth-order valence-electron chi connectivity index (χ4n) is 1.81. The molecular weight excluding hydrogens is 322 g/mol. The number of hydrogen-bond donors (Lipinski definition) is 1. The second-order valence-electron chi connectivity index (χ2n) is 4.60. The quantitative estimate of drug-likeness (QED) is 0.361. The first kappa shape index (κ1) is 16.7. The summed E-state index contributed by atoms with van der Waals surface area (Å²) < 4.78 is 5.09. The Bertz CT molecular complexity index is 691. The zero-order chi connectivity index (χ0) is 16.7. The summed E-state index contributed by atoms with van der Waals surface area (Å²) in [6.45, 7) is 0.344. The summed E-state index contributed by atoms with van der Waals surface area (Å²) >= 11 is 5.66. The SMILES string of the molecule is O=C(CCNc1ccccc1[N+](=O)[O-])OCc1ccc(Cl)nc1. The molecule has 0 radical (unpaired) electrons. The van der Waals surface area contributed by atoms with Gasteiger partial charge in [-0.05, 0) is 12.1 Å². The number of hydrogen-bond acceptors (Lipinski definition) is 6. The number of carbonyl (C=O) groups is 1. The van der Waals surface area contributed by atoms with Crippen LogP contribution in [0.5, 0.6) is 0 Å². The van der Waals surface area contributed by atoms with Crippen molar-refractivity contribution in [2.24, 2.45) is 0 Å². The molecule has 0 unspecified atom stereocenters. The Balaban J connectivity index is 1.77. The van der Waals surface area contributed by atoms with Crippen molar-refractivity contribution in [3.63, 3.8) is 0 Å². The molecule has 0 saturated heterocycles. The van der Waals surface area contributed by atoms with Crippen molar-refractivity contribution in [2.75, 3.05) is 11.9 Å². The fourth-order valence-corrected chi connectivity index (χ4v) is 1.92. The van der Waals surface area contributed by atoms with Gasteiger partial charge in [-0.1, -0.05) is 29.8 Å². The summed E-state index contributed by atoms with van der Waals surface area (Å²) in [5.74, 6) is -0.411. The third-order valence-corrected chi connectivity index (χ3v) is 3.16. The maximum Gasteiger partial charge on any atom is 0.307 e. The molecule has 23 heavy (non-hydrogen) atoms. The van der Waals surface area contributed by atoms with Gasteiger partial charge in [0.2, 0.25) is 0 Å². The van der Waals surface area contributed by atoms with E-state index in [1.165, 1.54) is 12.3 Å². The van der Waals surface area contributed by atoms with Gasteiger partial charge in [-0.25, -0.2) is 4.98 Å². The van der Waals surface area contributed by atoms with E-state index in [0.717, 1.165) is 5.56 Å². The molecule has 0 aliphatic rings. The average Bonchev–Trinajstić information content (AvgIpc) is 2.54. The van der Waals surface area contributed by atoms with Crippen LogP contribution in [-0.4, -0.2) is 22.4 Å². The van der Waals surface area contributed by atoms with E-state index in [1.807, 2.05) is 0 Å². The summed E-state index contributed by atoms with van der Waals surface area (Å²) in [5.41, 5.74) is 1.06. The Morgan fingerprint density at radius 1 is 1.30 bits per heavy atom. The van der Waals surface area contributed by atoms with Crippen LogP contribution in [0.4, 0.5) is 11.4 Å². The van der Waals surface area contributed by atoms with Gasteiger partial charge in [0.15, 0.2) is 0 Å². The number of nitro benzene ring substituents is 1. The summed E-state index contributed by atoms with van der Waals surface area (Å²) in [6, 6.07) is 9.57. The van der Waals surface area contributed by atoms with Crippen LogP contribution < -0.4 is 5.32 Å². The highest BCUT2D eigenvalue weighted by atomic mass is 35.5. The van der Waals surface area contributed by atoms with Crippen LogP contribution in [0.15, 0.2) is 42.6 Å². The second kappa shape index (κ2) is 8.09. The number of aromatic nitrogens is 1. The highest BCUT2D eigenvalue weighted by molar-refractivity contribution is 6.29. The number of nitrogens with zero attached hydrogens (tertiary/aromatic N) is 2. The monoisotopic (exact) mass is 335 g/mol. The van der Waals surface area contributed by atoms with E-state index in [-0.39, 0.29) is 25.3 Å². The molecule has 1 N–H and O–H groups in total. The van der Waals surface area contributed by atoms with E-state index < -0.39 is 10.9 Å². The minimum Gasteiger partial charge on any atom is -0.461 e. The minimum absolute atomic E-state index is 0.0342. The predicted molar refractivity (Wildman–Crippen MR) is 85.2 cm³/mol. The largest absolute Gasteiger partial charge is 0.461 e. The van der Waals surface area contributed by atoms with Crippen molar-refractivity contribution in [3.05, 3.63) is 63.4 Å². The molecular formula is C15H14ClN3O4. The molecule has 0 atom stereocenters. The molecule has 0 fully saturated rings. The van der Waals surface area contributed by atoms with Crippen molar-refractivity contribution < 1.29 is 14.5 Å². The third-order valence-electron chi connectivity index (χ3n) is 2.93. The van der Waals surface area contributed by atoms with Crippen molar-refractivity contribution in [1.82, 2.24) is 4.98 Å². The van der Waals surface area contributed by atoms with Crippen molar-refractivity contribution in [1.29, 1.82) is 0 Å². The number of para-hydroxylation sites is 2. The molecule has 0 saturated carbocycles. The fraction of sp³-hybridized carbons (Fsp3) is 0.200. The van der Waals surface area contributed by atoms with Crippen LogP contribution >= 0.6 is 11.6 Å². The highest BCUT2D eigenvalue weighted by Gasteiger charge is 2.12. The lowest BCUT2D eigenvalue weighted by molar-refractivity contribution is -0.384. The van der Waals surface area contributed by atoms with E-state index in [0.29, 0.717) is 10.8 Å². The lowest BCUT2D eigenvalue weighted by Gasteiger charge is -2.07. The number of nitrogens with one attached hydrogen (secondary N) is 1. The molecule has 0 amide bonds. The highest BCUT2D eigenvalue weighted by Crippen LogP contribution is 2.22. The molecule has 1 heterocycles. The number of benzene rings is 1. The third kappa shape index (κ3) is 5.23. The van der Waals surface area contributed by atoms with E-state index >= 15 is 0 Å². The van der Waals surface area contributed by atoms with Crippen LogP contribution in [-0.2, 0) is 16.1 Å². The molecule has 0 spiro atoms. The van der Waals surface area contributed by atoms with Gasteiger partial charge in [0.25, 0.3) is 5.69 Å². The normalized spacial score (nSPS) is 10.1. The van der Waals surface area contributed by atoms with Gasteiger partial charge < -0.3 is 10.1 Å². The predicted octanol–water partition coefficient (Wildman–Crippen LogP) is 3.19. The maximum atomic E-state index is 11.6. The maximum absolute atomic E-state index is 11.6. The van der Waals surface area contributed by atoms with E-state index in [2.05, 4.69) is 10.3 Å². The Morgan fingerprint density at radius 2 is 2.09 bits per heavy atom. The number of carbonyl (C=O) groups excluding carboxylic acids is 1. The minimum atomic E-state index is -0.478. The van der Waals surface area contributed by atoms with E-state index in [9.17, 15) is 14.9 Å². The topological polar surface area (TPSA) is 94.4 Å². The number of esters is 1. The summed E-state index contributed by atoms with van der Waals surface area (Å²) in [6.07, 6.45) is 1.62. The summed E-state index contributed by atoms with van der Waals surface area (Å²) in [7, 11) is 0. The first-order valence-corrected chi connectivity index (χ1v) is 7.17.